The van der Waals surface area contributed by atoms with Crippen molar-refractivity contribution >= 4 is 38.7 Å². The van der Waals surface area contributed by atoms with E-state index < -0.39 is 11.7 Å². The quantitative estimate of drug-likeness (QED) is 0.534. The second-order valence-electron chi connectivity index (χ2n) is 6.73. The predicted molar refractivity (Wildman–Crippen MR) is 107 cm³/mol. The van der Waals surface area contributed by atoms with Gasteiger partial charge in [0.05, 0.1) is 27.4 Å². The summed E-state index contributed by atoms with van der Waals surface area (Å²) in [6.45, 7) is 2.22. The van der Waals surface area contributed by atoms with E-state index in [-0.39, 0.29) is 11.7 Å². The fraction of sp³-hybridized carbons (Fsp3) is 0.238. The van der Waals surface area contributed by atoms with Crippen LogP contribution in [0.2, 0.25) is 0 Å². The monoisotopic (exact) mass is 418 g/mol. The molecule has 2 aromatic carbocycles. The number of hydrogen-bond acceptors (Lipinski definition) is 4. The number of carbonyl (C=O) groups excluding carboxylic acids is 1. The van der Waals surface area contributed by atoms with E-state index in [1.54, 1.807) is 23.5 Å². The van der Waals surface area contributed by atoms with Crippen molar-refractivity contribution in [1.29, 1.82) is 0 Å². The molecule has 2 heterocycles. The molecule has 0 saturated heterocycles. The van der Waals surface area contributed by atoms with Gasteiger partial charge in [-0.2, -0.15) is 13.2 Å². The number of hydrogen-bond donors (Lipinski definition) is 1. The van der Waals surface area contributed by atoms with E-state index in [2.05, 4.69) is 10.3 Å². The van der Waals surface area contributed by atoms with Gasteiger partial charge in [-0.3, -0.25) is 4.79 Å². The molecular weight excluding hydrogens is 401 g/mol. The highest BCUT2D eigenvalue weighted by molar-refractivity contribution is 7.18. The van der Waals surface area contributed by atoms with Crippen LogP contribution in [0.4, 0.5) is 18.9 Å². The Morgan fingerprint density at radius 3 is 2.86 bits per heavy atom. The van der Waals surface area contributed by atoms with Gasteiger partial charge >= 0.3 is 6.18 Å². The van der Waals surface area contributed by atoms with E-state index in [9.17, 15) is 18.0 Å². The lowest BCUT2D eigenvalue weighted by molar-refractivity contribution is -0.137. The van der Waals surface area contributed by atoms with E-state index in [1.807, 2.05) is 13.0 Å². The van der Waals surface area contributed by atoms with Gasteiger partial charge in [0.15, 0.2) is 0 Å². The Labute approximate surface area is 169 Å². The molecule has 0 unspecified atom stereocenters. The summed E-state index contributed by atoms with van der Waals surface area (Å²) in [4.78, 5) is 17.0. The molecule has 0 aliphatic carbocycles. The largest absolute Gasteiger partial charge is 0.493 e. The van der Waals surface area contributed by atoms with Crippen LogP contribution >= 0.6 is 11.3 Å². The summed E-state index contributed by atoms with van der Waals surface area (Å²) in [6, 6.07) is 8.87. The van der Waals surface area contributed by atoms with Crippen LogP contribution in [-0.2, 0) is 11.0 Å². The van der Waals surface area contributed by atoms with Crippen molar-refractivity contribution in [3.8, 4) is 5.75 Å². The van der Waals surface area contributed by atoms with Gasteiger partial charge in [0, 0.05) is 17.3 Å². The van der Waals surface area contributed by atoms with Crippen LogP contribution in [0.15, 0.2) is 42.5 Å². The number of fused-ring (bicyclic) bond motifs is 2. The second-order valence-corrected chi connectivity index (χ2v) is 7.97. The number of nitrogens with zero attached hydrogens (tertiary/aromatic N) is 1. The molecule has 4 rings (SSSR count). The first-order chi connectivity index (χ1) is 13.8. The molecule has 0 radical (unpaired) electrons. The molecule has 1 aromatic heterocycles. The standard InChI is InChI=1S/C21H17F3N2O2S/c1-12-25-17-11-15(5-7-19(17)29-12)26-20(27)9-13-3-2-8-28-18-10-14(21(22,23)24)4-6-16(13)18/h4-7,9-11H,2-3,8H2,1H3,(H,26,27)/b13-9+. The third-order valence-corrected chi connectivity index (χ3v) is 5.52. The maximum Gasteiger partial charge on any atom is 0.416 e. The number of rotatable bonds is 2. The molecule has 0 atom stereocenters. The van der Waals surface area contributed by atoms with E-state index in [1.165, 1.54) is 12.1 Å². The molecule has 0 spiro atoms. The van der Waals surface area contributed by atoms with Gasteiger partial charge in [-0.15, -0.1) is 11.3 Å². The number of halogens is 3. The average Bonchev–Trinajstić information content (AvgIpc) is 2.90. The zero-order valence-corrected chi connectivity index (χ0v) is 16.3. The summed E-state index contributed by atoms with van der Waals surface area (Å²) in [5, 5.41) is 3.75. The number of anilines is 1. The third kappa shape index (κ3) is 4.27. The van der Waals surface area contributed by atoms with Crippen LogP contribution in [-0.4, -0.2) is 17.5 Å². The summed E-state index contributed by atoms with van der Waals surface area (Å²) in [5.74, 6) is -0.199. The lowest BCUT2D eigenvalue weighted by Crippen LogP contribution is -2.09. The highest BCUT2D eigenvalue weighted by atomic mass is 32.1. The number of amides is 1. The number of nitrogens with one attached hydrogen (secondary N) is 1. The average molecular weight is 418 g/mol. The third-order valence-electron chi connectivity index (χ3n) is 4.57. The summed E-state index contributed by atoms with van der Waals surface area (Å²) in [5.41, 5.74) is 1.81. The molecular formula is C21H17F3N2O2S. The molecule has 0 bridgehead atoms. The number of thiazole rings is 1. The fourth-order valence-corrected chi connectivity index (χ4v) is 4.08. The van der Waals surface area contributed by atoms with Gasteiger partial charge in [-0.25, -0.2) is 4.98 Å². The van der Waals surface area contributed by atoms with Gasteiger partial charge < -0.3 is 10.1 Å². The molecule has 0 fully saturated rings. The molecule has 8 heteroatoms. The highest BCUT2D eigenvalue weighted by Crippen LogP contribution is 2.38. The molecule has 3 aromatic rings. The Kier molecular flexibility index (Phi) is 5.04. The normalized spacial score (nSPS) is 15.7. The molecule has 150 valence electrons. The first-order valence-corrected chi connectivity index (χ1v) is 9.84. The van der Waals surface area contributed by atoms with Crippen molar-refractivity contribution in [1.82, 2.24) is 4.98 Å². The van der Waals surface area contributed by atoms with Crippen LogP contribution in [0.5, 0.6) is 5.75 Å². The van der Waals surface area contributed by atoms with Crippen molar-refractivity contribution in [2.45, 2.75) is 25.9 Å². The minimum absolute atomic E-state index is 0.149. The predicted octanol–water partition coefficient (Wildman–Crippen LogP) is 5.82. The number of carbonyl (C=O) groups is 1. The van der Waals surface area contributed by atoms with E-state index in [0.29, 0.717) is 36.3 Å². The minimum atomic E-state index is -4.45. The number of alkyl halides is 3. The smallest absolute Gasteiger partial charge is 0.416 e. The van der Waals surface area contributed by atoms with Gasteiger partial charge in [-0.1, -0.05) is 6.07 Å². The maximum atomic E-state index is 13.0. The summed E-state index contributed by atoms with van der Waals surface area (Å²) >= 11 is 1.58. The van der Waals surface area contributed by atoms with Crippen molar-refractivity contribution in [3.63, 3.8) is 0 Å². The SMILES string of the molecule is Cc1nc2cc(NC(=O)/C=C3\CCCOc4cc(C(F)(F)F)ccc43)ccc2s1. The Morgan fingerprint density at radius 2 is 2.07 bits per heavy atom. The Bertz CT molecular complexity index is 1120. The Morgan fingerprint density at radius 1 is 1.24 bits per heavy atom. The van der Waals surface area contributed by atoms with Crippen molar-refractivity contribution in [2.24, 2.45) is 0 Å². The van der Waals surface area contributed by atoms with Gasteiger partial charge in [0.2, 0.25) is 5.91 Å². The van der Waals surface area contributed by atoms with E-state index in [4.69, 9.17) is 4.74 Å². The van der Waals surface area contributed by atoms with Gasteiger partial charge in [0.1, 0.15) is 5.75 Å². The summed E-state index contributed by atoms with van der Waals surface area (Å²) < 4.78 is 45.5. The maximum absolute atomic E-state index is 13.0. The van der Waals surface area contributed by atoms with Crippen molar-refractivity contribution in [2.75, 3.05) is 11.9 Å². The number of aromatic nitrogens is 1. The first-order valence-electron chi connectivity index (χ1n) is 9.03. The van der Waals surface area contributed by atoms with Crippen LogP contribution in [0.1, 0.15) is 29.0 Å². The number of allylic oxidation sites excluding steroid dienone is 1. The van der Waals surface area contributed by atoms with Gasteiger partial charge in [-0.05, 0) is 55.7 Å². The van der Waals surface area contributed by atoms with Crippen LogP contribution in [0.3, 0.4) is 0 Å². The number of aryl methyl sites for hydroxylation is 1. The molecule has 1 aliphatic rings. The topological polar surface area (TPSA) is 51.2 Å². The summed E-state index contributed by atoms with van der Waals surface area (Å²) in [7, 11) is 0. The Balaban J connectivity index is 1.60. The minimum Gasteiger partial charge on any atom is -0.493 e. The zero-order valence-electron chi connectivity index (χ0n) is 15.5. The molecule has 1 amide bonds. The lowest BCUT2D eigenvalue weighted by atomic mass is 9.99. The fourth-order valence-electron chi connectivity index (χ4n) is 3.27. The molecule has 0 saturated carbocycles. The van der Waals surface area contributed by atoms with Crippen molar-refractivity contribution in [3.05, 3.63) is 58.6 Å². The second kappa shape index (κ2) is 7.51. The van der Waals surface area contributed by atoms with Gasteiger partial charge in [0.25, 0.3) is 0 Å². The van der Waals surface area contributed by atoms with Crippen molar-refractivity contribution < 1.29 is 22.7 Å². The van der Waals surface area contributed by atoms with Crippen LogP contribution in [0.25, 0.3) is 15.8 Å². The van der Waals surface area contributed by atoms with Crippen LogP contribution < -0.4 is 10.1 Å². The highest BCUT2D eigenvalue weighted by Gasteiger charge is 2.32. The molecule has 1 N–H and O–H groups in total. The van der Waals surface area contributed by atoms with E-state index >= 15 is 0 Å². The van der Waals surface area contributed by atoms with Crippen LogP contribution in [0, 0.1) is 6.92 Å². The molecule has 1 aliphatic heterocycles. The lowest BCUT2D eigenvalue weighted by Gasteiger charge is -2.13. The first kappa shape index (κ1) is 19.4. The van der Waals surface area contributed by atoms with E-state index in [0.717, 1.165) is 27.4 Å². The number of benzene rings is 2. The molecule has 4 nitrogen and oxygen atoms in total. The number of ether oxygens (including phenoxy) is 1. The molecule has 29 heavy (non-hydrogen) atoms. The Hall–Kier alpha value is -2.87. The summed E-state index contributed by atoms with van der Waals surface area (Å²) in [6.07, 6.45) is -1.87. The zero-order chi connectivity index (χ0) is 20.6.